The van der Waals surface area contributed by atoms with Crippen molar-refractivity contribution in [3.05, 3.63) is 89.1 Å². The van der Waals surface area contributed by atoms with Crippen LogP contribution in [0.15, 0.2) is 59.2 Å². The Morgan fingerprint density at radius 1 is 0.928 bits per heavy atom. The molecule has 0 atom stereocenters. The van der Waals surface area contributed by atoms with Crippen molar-refractivity contribution < 1.29 is 42.7 Å². The van der Waals surface area contributed by atoms with Crippen LogP contribution in [0.25, 0.3) is 44.6 Å². The summed E-state index contributed by atoms with van der Waals surface area (Å²) in [5.74, 6) is 0.0421. The van der Waals surface area contributed by atoms with Crippen LogP contribution in [0.3, 0.4) is 0 Å². The number of aromatic nitrogens is 9. The van der Waals surface area contributed by atoms with Crippen LogP contribution < -0.4 is 20.5 Å². The molecule has 0 radical (unpaired) electrons. The fraction of sp³-hybridized carbons (Fsp3) is 0.319. The van der Waals surface area contributed by atoms with Crippen LogP contribution in [0, 0.1) is 13.8 Å². The number of nitrogens with two attached hydrogens (primary N) is 1. The summed E-state index contributed by atoms with van der Waals surface area (Å²) in [6.07, 6.45) is 9.29. The Balaban J connectivity index is 1.13. The molecule has 6 heterocycles. The molecule has 3 N–H and O–H groups in total. The highest BCUT2D eigenvalue weighted by molar-refractivity contribution is 6.13. The first-order valence-corrected chi connectivity index (χ1v) is 22.1. The van der Waals surface area contributed by atoms with E-state index in [9.17, 15) is 28.8 Å². The number of imidazole rings is 1. The van der Waals surface area contributed by atoms with Crippen LogP contribution in [0.4, 0.5) is 5.95 Å². The highest BCUT2D eigenvalue weighted by Crippen LogP contribution is 2.36. The highest BCUT2D eigenvalue weighted by Gasteiger charge is 2.26. The first kappa shape index (κ1) is 47.0. The van der Waals surface area contributed by atoms with Gasteiger partial charge in [-0.3, -0.25) is 39.0 Å². The zero-order valence-corrected chi connectivity index (χ0v) is 38.8. The molecule has 69 heavy (non-hydrogen) atoms. The van der Waals surface area contributed by atoms with E-state index in [0.29, 0.717) is 92.7 Å². The number of carbonyl (C=O) groups excluding carboxylic acids is 6. The molecule has 0 fully saturated rings. The van der Waals surface area contributed by atoms with Crippen LogP contribution in [-0.4, -0.2) is 123 Å². The summed E-state index contributed by atoms with van der Waals surface area (Å²) in [5, 5.41) is 8.73. The lowest BCUT2D eigenvalue weighted by Crippen LogP contribution is -2.36. The fourth-order valence-electron chi connectivity index (χ4n) is 8.16. The zero-order valence-electron chi connectivity index (χ0n) is 38.8. The minimum Gasteiger partial charge on any atom is -0.495 e. The van der Waals surface area contributed by atoms with Crippen molar-refractivity contribution in [1.82, 2.24) is 53.6 Å². The number of oxazole rings is 1. The van der Waals surface area contributed by atoms with E-state index in [-0.39, 0.29) is 68.1 Å². The summed E-state index contributed by atoms with van der Waals surface area (Å²) < 4.78 is 23.2. The third kappa shape index (κ3) is 9.40. The van der Waals surface area contributed by atoms with Crippen molar-refractivity contribution in [2.75, 3.05) is 39.2 Å². The molecule has 1 aliphatic rings. The monoisotopic (exact) mass is 939 g/mol. The molecule has 0 saturated heterocycles. The van der Waals surface area contributed by atoms with Crippen LogP contribution in [0.1, 0.15) is 75.4 Å². The maximum atomic E-state index is 13.8. The van der Waals surface area contributed by atoms with E-state index in [1.165, 1.54) is 36.3 Å². The molecule has 5 amide bonds. The van der Waals surface area contributed by atoms with Gasteiger partial charge in [0.25, 0.3) is 17.7 Å². The van der Waals surface area contributed by atoms with Gasteiger partial charge in [-0.2, -0.15) is 5.10 Å². The second kappa shape index (κ2) is 19.7. The van der Waals surface area contributed by atoms with Gasteiger partial charge in [-0.15, -0.1) is 0 Å². The lowest BCUT2D eigenvalue weighted by molar-refractivity contribution is -0.138. The number of nitrogens with zero attached hydrogens (tertiary/aromatic N) is 11. The van der Waals surface area contributed by atoms with Gasteiger partial charge in [-0.1, -0.05) is 19.1 Å². The van der Waals surface area contributed by atoms with Gasteiger partial charge in [0.1, 0.15) is 34.8 Å². The number of primary amides is 1. The molecule has 0 saturated carbocycles. The molecule has 0 spiro atoms. The number of anilines is 1. The Bertz CT molecular complexity index is 3250. The van der Waals surface area contributed by atoms with E-state index in [2.05, 4.69) is 25.4 Å². The van der Waals surface area contributed by atoms with Crippen molar-refractivity contribution in [3.63, 3.8) is 0 Å². The van der Waals surface area contributed by atoms with Crippen molar-refractivity contribution in [2.24, 2.45) is 5.73 Å². The highest BCUT2D eigenvalue weighted by atomic mass is 16.5. The second-order valence-corrected chi connectivity index (χ2v) is 16.0. The number of aldehydes is 1. The fourth-order valence-corrected chi connectivity index (χ4v) is 8.16. The van der Waals surface area contributed by atoms with Crippen molar-refractivity contribution in [3.8, 4) is 23.1 Å². The van der Waals surface area contributed by atoms with Crippen LogP contribution in [0.2, 0.25) is 0 Å². The number of hydrogen-bond donors (Lipinski definition) is 2. The number of allylic oxidation sites excluding steroid dienone is 2. The lowest BCUT2D eigenvalue weighted by atomic mass is 10.1. The van der Waals surface area contributed by atoms with Gasteiger partial charge < -0.3 is 33.7 Å². The largest absolute Gasteiger partial charge is 0.495 e. The van der Waals surface area contributed by atoms with E-state index >= 15 is 0 Å². The van der Waals surface area contributed by atoms with Crippen LogP contribution in [0.5, 0.6) is 11.5 Å². The standard InChI is InChI=1S/C47H49N13O9/c1-7-32-41(69-27(4)51-32)46(66)54-47-52-33-22-29(42(48)65)23-35(68-19-11-15-56(5)36(62)14-18-57-37(63)12-13-38(57)64)40(33)59(47)17-10-9-16-58-39-30(20-28(25-61)21-34(39)67-6)31-24-49-43(53-44(31)58)45-50-26(3)55-60(45)8-2/h9-10,12-13,20-25H,7-8,11,14-19H2,1-6H3,(H2,48,65)(H,52,54,66)/b10-9+. The third-order valence-corrected chi connectivity index (χ3v) is 11.5. The number of hydrogen-bond acceptors (Lipinski definition) is 15. The van der Waals surface area contributed by atoms with Crippen molar-refractivity contribution >= 4 is 74.7 Å². The summed E-state index contributed by atoms with van der Waals surface area (Å²) in [4.78, 5) is 101. The molecule has 2 aromatic carbocycles. The van der Waals surface area contributed by atoms with E-state index < -0.39 is 23.6 Å². The maximum Gasteiger partial charge on any atom is 0.295 e. The predicted octanol–water partition coefficient (Wildman–Crippen LogP) is 4.35. The number of nitrogens with one attached hydrogen (secondary N) is 1. The molecule has 0 bridgehead atoms. The average Bonchev–Trinajstić information content (AvgIpc) is 4.16. The predicted molar refractivity (Wildman–Crippen MR) is 251 cm³/mol. The number of benzene rings is 2. The summed E-state index contributed by atoms with van der Waals surface area (Å²) in [7, 11) is 3.14. The van der Waals surface area contributed by atoms with Crippen molar-refractivity contribution in [2.45, 2.75) is 66.6 Å². The summed E-state index contributed by atoms with van der Waals surface area (Å²) >= 11 is 0. The number of aryl methyl sites for hydroxylation is 4. The van der Waals surface area contributed by atoms with Gasteiger partial charge in [0.15, 0.2) is 17.5 Å². The van der Waals surface area contributed by atoms with Gasteiger partial charge in [-0.25, -0.2) is 29.6 Å². The number of ether oxygens (including phenoxy) is 2. The van der Waals surface area contributed by atoms with Gasteiger partial charge in [-0.05, 0) is 51.0 Å². The number of rotatable bonds is 20. The Morgan fingerprint density at radius 3 is 2.38 bits per heavy atom. The van der Waals surface area contributed by atoms with E-state index in [1.54, 1.807) is 48.5 Å². The first-order valence-electron chi connectivity index (χ1n) is 22.1. The minimum atomic E-state index is -0.735. The number of amides is 5. The first-order chi connectivity index (χ1) is 33.2. The van der Waals surface area contributed by atoms with E-state index in [1.807, 2.05) is 30.6 Å². The second-order valence-electron chi connectivity index (χ2n) is 16.0. The Hall–Kier alpha value is -8.56. The van der Waals surface area contributed by atoms with Gasteiger partial charge >= 0.3 is 0 Å². The number of imide groups is 1. The molecule has 1 aliphatic heterocycles. The maximum absolute atomic E-state index is 13.8. The normalized spacial score (nSPS) is 12.6. The molecule has 7 aromatic rings. The Labute approximate surface area is 393 Å². The molecule has 5 aromatic heterocycles. The smallest absolute Gasteiger partial charge is 0.295 e. The van der Waals surface area contributed by atoms with E-state index in [0.717, 1.165) is 11.2 Å². The van der Waals surface area contributed by atoms with Crippen LogP contribution >= 0.6 is 0 Å². The van der Waals surface area contributed by atoms with E-state index in [4.69, 9.17) is 29.6 Å². The molecular formula is C47H49N13O9. The summed E-state index contributed by atoms with van der Waals surface area (Å²) in [6, 6.07) is 6.42. The Morgan fingerprint density at radius 2 is 1.68 bits per heavy atom. The molecule has 0 aliphatic carbocycles. The minimum absolute atomic E-state index is 0.0270. The molecular weight excluding hydrogens is 891 g/mol. The molecule has 356 valence electrons. The van der Waals surface area contributed by atoms with Crippen molar-refractivity contribution in [1.29, 1.82) is 0 Å². The number of fused-ring (bicyclic) bond motifs is 4. The van der Waals surface area contributed by atoms with Gasteiger partial charge in [0.05, 0.1) is 30.4 Å². The number of carbonyl (C=O) groups is 6. The zero-order chi connectivity index (χ0) is 49.1. The molecule has 8 rings (SSSR count). The lowest BCUT2D eigenvalue weighted by Gasteiger charge is -2.19. The third-order valence-electron chi connectivity index (χ3n) is 11.5. The Kier molecular flexibility index (Phi) is 13.4. The SMILES string of the molecule is CCc1nc(C)oc1C(=O)Nc1nc2cc(C(N)=O)cc(OCCCN(C)C(=O)CCN3C(=O)C=CC3=O)c2n1C/C=C/Cn1c2nc(-c3nc(C)nn3CC)ncc2c2cc(C=O)cc(OC)c21. The summed E-state index contributed by atoms with van der Waals surface area (Å²) in [5.41, 5.74) is 8.70. The van der Waals surface area contributed by atoms with Crippen LogP contribution in [-0.2, 0) is 40.4 Å². The molecule has 22 nitrogen and oxygen atoms in total. The topological polar surface area (TPSA) is 271 Å². The molecule has 22 heteroatoms. The van der Waals surface area contributed by atoms with Gasteiger partial charge in [0, 0.05) is 93.4 Å². The summed E-state index contributed by atoms with van der Waals surface area (Å²) in [6.45, 7) is 8.48. The quantitative estimate of drug-likeness (QED) is 0.0465. The number of methoxy groups -OCH3 is 1. The average molecular weight is 940 g/mol. The molecule has 0 unspecified atom stereocenters. The van der Waals surface area contributed by atoms with Gasteiger partial charge in [0.2, 0.25) is 23.5 Å².